The van der Waals surface area contributed by atoms with Gasteiger partial charge in [0.2, 0.25) is 5.91 Å². The second-order valence-corrected chi connectivity index (χ2v) is 6.21. The molecule has 0 spiro atoms. The first-order valence-corrected chi connectivity index (χ1v) is 7.65. The fourth-order valence-electron chi connectivity index (χ4n) is 1.92. The van der Waals surface area contributed by atoms with E-state index < -0.39 is 0 Å². The summed E-state index contributed by atoms with van der Waals surface area (Å²) in [7, 11) is 0. The second-order valence-electron chi connectivity index (χ2n) is 4.78. The Kier molecular flexibility index (Phi) is 5.17. The Balaban J connectivity index is 1.83. The Morgan fingerprint density at radius 1 is 1.40 bits per heavy atom. The van der Waals surface area contributed by atoms with Gasteiger partial charge in [-0.3, -0.25) is 4.79 Å². The molecule has 3 N–H and O–H groups in total. The van der Waals surface area contributed by atoms with E-state index in [1.54, 1.807) is 16.7 Å². The summed E-state index contributed by atoms with van der Waals surface area (Å²) in [5.74, 6) is -0.373. The number of nitrogens with one attached hydrogen (secondary N) is 1. The molecule has 1 atom stereocenters. The van der Waals surface area contributed by atoms with Crippen LogP contribution in [0.5, 0.6) is 0 Å². The molecule has 0 aliphatic carbocycles. The van der Waals surface area contributed by atoms with Gasteiger partial charge < -0.3 is 11.1 Å². The van der Waals surface area contributed by atoms with Gasteiger partial charge in [0.15, 0.2) is 0 Å². The Morgan fingerprint density at radius 3 is 2.70 bits per heavy atom. The zero-order valence-corrected chi connectivity index (χ0v) is 12.8. The number of carbonyl (C=O) groups is 1. The Labute approximate surface area is 127 Å². The zero-order valence-electron chi connectivity index (χ0n) is 11.2. The molecule has 2 aromatic rings. The molecule has 0 saturated carbocycles. The lowest BCUT2D eigenvalue weighted by atomic mass is 10.1. The van der Waals surface area contributed by atoms with Gasteiger partial charge in [0, 0.05) is 27.9 Å². The first-order valence-electron chi connectivity index (χ1n) is 6.39. The van der Waals surface area contributed by atoms with E-state index in [2.05, 4.69) is 12.2 Å². The van der Waals surface area contributed by atoms with Crippen molar-refractivity contribution in [3.8, 4) is 0 Å². The number of hydrogen-bond donors (Lipinski definition) is 2. The highest BCUT2D eigenvalue weighted by Crippen LogP contribution is 2.15. The van der Waals surface area contributed by atoms with E-state index in [4.69, 9.17) is 17.3 Å². The normalized spacial score (nSPS) is 12.3. The lowest BCUT2D eigenvalue weighted by Gasteiger charge is -2.13. The van der Waals surface area contributed by atoms with Gasteiger partial charge in [-0.15, -0.1) is 11.3 Å². The summed E-state index contributed by atoms with van der Waals surface area (Å²) in [6, 6.07) is 10.1. The number of halogens is 1. The molecule has 0 radical (unpaired) electrons. The summed E-state index contributed by atoms with van der Waals surface area (Å²) in [5, 5.41) is 5.99. The van der Waals surface area contributed by atoms with Crippen LogP contribution in [0.1, 0.15) is 27.7 Å². The average Bonchev–Trinajstić information content (AvgIpc) is 2.88. The number of hydrogen-bond acceptors (Lipinski definition) is 3. The predicted molar refractivity (Wildman–Crippen MR) is 84.3 cm³/mol. The first kappa shape index (κ1) is 15.0. The molecule has 0 bridgehead atoms. The number of thiophene rings is 1. The third-order valence-corrected chi connectivity index (χ3v) is 4.21. The van der Waals surface area contributed by atoms with Gasteiger partial charge in [-0.2, -0.15) is 0 Å². The molecule has 5 heteroatoms. The van der Waals surface area contributed by atoms with Crippen LogP contribution in [0.25, 0.3) is 0 Å². The average molecular weight is 309 g/mol. The summed E-state index contributed by atoms with van der Waals surface area (Å²) < 4.78 is 0. The monoisotopic (exact) mass is 308 g/mol. The predicted octanol–water partition coefficient (Wildman–Crippen LogP) is 3.22. The number of rotatable bonds is 6. The van der Waals surface area contributed by atoms with Gasteiger partial charge in [-0.05, 0) is 37.1 Å². The van der Waals surface area contributed by atoms with Crippen LogP contribution in [0, 0.1) is 0 Å². The quantitative estimate of drug-likeness (QED) is 0.861. The third-order valence-electron chi connectivity index (χ3n) is 3.02. The lowest BCUT2D eigenvalue weighted by Crippen LogP contribution is -2.27. The van der Waals surface area contributed by atoms with E-state index in [0.29, 0.717) is 11.6 Å². The summed E-state index contributed by atoms with van der Waals surface area (Å²) in [5.41, 5.74) is 7.06. The van der Waals surface area contributed by atoms with E-state index in [1.807, 2.05) is 30.3 Å². The summed E-state index contributed by atoms with van der Waals surface area (Å²) in [6.45, 7) is 2.88. The SMILES string of the molecule is CC(Cc1ccc(Cl)cc1)NCc1cc(C(N)=O)cs1. The van der Waals surface area contributed by atoms with Crippen molar-refractivity contribution < 1.29 is 4.79 Å². The van der Waals surface area contributed by atoms with Gasteiger partial charge in [0.1, 0.15) is 0 Å². The second kappa shape index (κ2) is 6.88. The molecule has 0 aliphatic heterocycles. The molecule has 1 amide bonds. The summed E-state index contributed by atoms with van der Waals surface area (Å²) >= 11 is 7.41. The van der Waals surface area contributed by atoms with Crippen LogP contribution in [-0.2, 0) is 13.0 Å². The van der Waals surface area contributed by atoms with Crippen molar-refractivity contribution in [2.24, 2.45) is 5.73 Å². The summed E-state index contributed by atoms with van der Waals surface area (Å²) in [6.07, 6.45) is 0.936. The minimum atomic E-state index is -0.373. The van der Waals surface area contributed by atoms with Gasteiger partial charge in [0.05, 0.1) is 5.56 Å². The molecule has 1 unspecified atom stereocenters. The maximum absolute atomic E-state index is 11.0. The van der Waals surface area contributed by atoms with E-state index in [9.17, 15) is 4.79 Å². The maximum Gasteiger partial charge on any atom is 0.249 e. The molecule has 0 aliphatic rings. The van der Waals surface area contributed by atoms with Gasteiger partial charge in [-0.25, -0.2) is 0 Å². The Bertz CT molecular complexity index is 580. The van der Waals surface area contributed by atoms with E-state index in [-0.39, 0.29) is 5.91 Å². The number of benzene rings is 1. The number of carbonyl (C=O) groups excluding carboxylic acids is 1. The molecule has 20 heavy (non-hydrogen) atoms. The number of primary amides is 1. The van der Waals surface area contributed by atoms with Crippen LogP contribution >= 0.6 is 22.9 Å². The number of amides is 1. The van der Waals surface area contributed by atoms with E-state index >= 15 is 0 Å². The molecule has 0 fully saturated rings. The van der Waals surface area contributed by atoms with Gasteiger partial charge in [-0.1, -0.05) is 23.7 Å². The molecule has 1 aromatic carbocycles. The largest absolute Gasteiger partial charge is 0.366 e. The van der Waals surface area contributed by atoms with Crippen LogP contribution in [0.4, 0.5) is 0 Å². The molecule has 2 rings (SSSR count). The molecule has 0 saturated heterocycles. The highest BCUT2D eigenvalue weighted by atomic mass is 35.5. The minimum absolute atomic E-state index is 0.343. The number of nitrogens with two attached hydrogens (primary N) is 1. The third kappa shape index (κ3) is 4.34. The van der Waals surface area contributed by atoms with Crippen LogP contribution in [0.3, 0.4) is 0 Å². The Hall–Kier alpha value is -1.36. The van der Waals surface area contributed by atoms with E-state index in [1.165, 1.54) is 5.56 Å². The highest BCUT2D eigenvalue weighted by Gasteiger charge is 2.07. The zero-order chi connectivity index (χ0) is 14.5. The van der Waals surface area contributed by atoms with Crippen molar-refractivity contribution in [1.82, 2.24) is 5.32 Å². The molecule has 1 aromatic heterocycles. The van der Waals surface area contributed by atoms with Crippen LogP contribution in [0.15, 0.2) is 35.7 Å². The van der Waals surface area contributed by atoms with Crippen LogP contribution in [-0.4, -0.2) is 11.9 Å². The van der Waals surface area contributed by atoms with Crippen molar-refractivity contribution in [3.05, 3.63) is 56.7 Å². The molecular formula is C15H17ClN2OS. The molecular weight excluding hydrogens is 292 g/mol. The maximum atomic E-state index is 11.0. The standard InChI is InChI=1S/C15H17ClN2OS/c1-10(6-11-2-4-13(16)5-3-11)18-8-14-7-12(9-20-14)15(17)19/h2-5,7,9-10,18H,6,8H2,1H3,(H2,17,19). The lowest BCUT2D eigenvalue weighted by molar-refractivity contribution is 0.100. The van der Waals surface area contributed by atoms with Gasteiger partial charge >= 0.3 is 0 Å². The molecule has 1 heterocycles. The van der Waals surface area contributed by atoms with Crippen LogP contribution in [0.2, 0.25) is 5.02 Å². The Morgan fingerprint density at radius 2 is 2.10 bits per heavy atom. The first-order chi connectivity index (χ1) is 9.54. The van der Waals surface area contributed by atoms with Crippen molar-refractivity contribution in [2.75, 3.05) is 0 Å². The summed E-state index contributed by atoms with van der Waals surface area (Å²) in [4.78, 5) is 12.1. The minimum Gasteiger partial charge on any atom is -0.366 e. The van der Waals surface area contributed by atoms with Crippen molar-refractivity contribution in [1.29, 1.82) is 0 Å². The fraction of sp³-hybridized carbons (Fsp3) is 0.267. The smallest absolute Gasteiger partial charge is 0.249 e. The van der Waals surface area contributed by atoms with Crippen molar-refractivity contribution in [2.45, 2.75) is 25.9 Å². The fourth-order valence-corrected chi connectivity index (χ4v) is 2.87. The van der Waals surface area contributed by atoms with Crippen molar-refractivity contribution in [3.63, 3.8) is 0 Å². The highest BCUT2D eigenvalue weighted by molar-refractivity contribution is 7.10. The van der Waals surface area contributed by atoms with Crippen molar-refractivity contribution >= 4 is 28.8 Å². The topological polar surface area (TPSA) is 55.1 Å². The van der Waals surface area contributed by atoms with E-state index in [0.717, 1.165) is 22.9 Å². The van der Waals surface area contributed by atoms with Crippen LogP contribution < -0.4 is 11.1 Å². The molecule has 106 valence electrons. The molecule has 3 nitrogen and oxygen atoms in total. The van der Waals surface area contributed by atoms with Gasteiger partial charge in [0.25, 0.3) is 0 Å².